The Kier molecular flexibility index (Phi) is 4.34. The summed E-state index contributed by atoms with van der Waals surface area (Å²) in [6.45, 7) is 2.82. The topological polar surface area (TPSA) is 42.1 Å². The van der Waals surface area contributed by atoms with Crippen molar-refractivity contribution < 1.29 is 8.78 Å². The molecule has 3 nitrogen and oxygen atoms in total. The van der Waals surface area contributed by atoms with Gasteiger partial charge in [0, 0.05) is 19.3 Å². The van der Waals surface area contributed by atoms with Crippen molar-refractivity contribution >= 4 is 5.82 Å². The van der Waals surface area contributed by atoms with E-state index in [4.69, 9.17) is 5.73 Å². The molecular formula is C17H19F2N3. The Morgan fingerprint density at radius 3 is 2.77 bits per heavy atom. The van der Waals surface area contributed by atoms with Crippen LogP contribution in [0.5, 0.6) is 0 Å². The first-order chi connectivity index (χ1) is 10.6. The first-order valence-electron chi connectivity index (χ1n) is 7.47. The molecule has 0 saturated carbocycles. The normalized spacial score (nSPS) is 18.7. The van der Waals surface area contributed by atoms with Gasteiger partial charge in [0.2, 0.25) is 0 Å². The molecule has 0 bridgehead atoms. The molecule has 3 rings (SSSR count). The van der Waals surface area contributed by atoms with Gasteiger partial charge in [-0.15, -0.1) is 0 Å². The minimum atomic E-state index is -0.785. The summed E-state index contributed by atoms with van der Waals surface area (Å²) < 4.78 is 26.2. The van der Waals surface area contributed by atoms with Crippen LogP contribution in [0.25, 0.3) is 0 Å². The summed E-state index contributed by atoms with van der Waals surface area (Å²) in [6.07, 6.45) is 3.57. The Morgan fingerprint density at radius 2 is 2.00 bits per heavy atom. The predicted octanol–water partition coefficient (Wildman–Crippen LogP) is 3.01. The molecule has 1 saturated heterocycles. The van der Waals surface area contributed by atoms with Gasteiger partial charge in [0.25, 0.3) is 0 Å². The number of hydrogen-bond acceptors (Lipinski definition) is 3. The lowest BCUT2D eigenvalue weighted by Crippen LogP contribution is -2.20. The van der Waals surface area contributed by atoms with E-state index in [9.17, 15) is 8.78 Å². The average molecular weight is 303 g/mol. The van der Waals surface area contributed by atoms with Crippen molar-refractivity contribution in [2.75, 3.05) is 18.8 Å². The highest BCUT2D eigenvalue weighted by Crippen LogP contribution is 2.23. The van der Waals surface area contributed by atoms with Crippen molar-refractivity contribution in [3.8, 4) is 0 Å². The molecule has 0 spiro atoms. The molecule has 1 aromatic carbocycles. The van der Waals surface area contributed by atoms with E-state index in [0.717, 1.165) is 43.6 Å². The highest BCUT2D eigenvalue weighted by Gasteiger charge is 2.23. The minimum absolute atomic E-state index is 0.476. The second-order valence-electron chi connectivity index (χ2n) is 5.93. The number of likely N-dealkylation sites (tertiary alicyclic amines) is 1. The van der Waals surface area contributed by atoms with Gasteiger partial charge >= 0.3 is 0 Å². The SMILES string of the molecule is Nc1cc(CN2CCC(Cc3ccc(F)c(F)c3)C2)ccn1. The number of hydrogen-bond donors (Lipinski definition) is 1. The number of rotatable bonds is 4. The summed E-state index contributed by atoms with van der Waals surface area (Å²) in [5.41, 5.74) is 7.71. The first-order valence-corrected chi connectivity index (χ1v) is 7.47. The molecule has 1 aromatic heterocycles. The lowest BCUT2D eigenvalue weighted by Gasteiger charge is -2.16. The number of nitrogens with zero attached hydrogens (tertiary/aromatic N) is 2. The van der Waals surface area contributed by atoms with E-state index in [1.165, 1.54) is 12.1 Å². The highest BCUT2D eigenvalue weighted by molar-refractivity contribution is 5.31. The van der Waals surface area contributed by atoms with Crippen LogP contribution in [0.3, 0.4) is 0 Å². The fourth-order valence-corrected chi connectivity index (χ4v) is 3.07. The van der Waals surface area contributed by atoms with Crippen LogP contribution in [-0.4, -0.2) is 23.0 Å². The van der Waals surface area contributed by atoms with E-state index in [2.05, 4.69) is 9.88 Å². The maximum atomic E-state index is 13.3. The minimum Gasteiger partial charge on any atom is -0.384 e. The monoisotopic (exact) mass is 303 g/mol. The number of pyridine rings is 1. The van der Waals surface area contributed by atoms with Gasteiger partial charge in [-0.25, -0.2) is 13.8 Å². The standard InChI is InChI=1S/C17H19F2N3/c18-15-2-1-12(8-16(15)19)7-14-4-6-22(11-14)10-13-3-5-21-17(20)9-13/h1-3,5,8-9,14H,4,6-7,10-11H2,(H2,20,21). The molecule has 1 aliphatic rings. The zero-order valence-corrected chi connectivity index (χ0v) is 12.3. The molecule has 0 radical (unpaired) electrons. The summed E-state index contributed by atoms with van der Waals surface area (Å²) in [5, 5.41) is 0. The molecule has 1 aliphatic heterocycles. The van der Waals surface area contributed by atoms with Gasteiger partial charge in [0.05, 0.1) is 0 Å². The van der Waals surface area contributed by atoms with Crippen molar-refractivity contribution in [3.05, 3.63) is 59.3 Å². The smallest absolute Gasteiger partial charge is 0.159 e. The molecule has 2 aromatic rings. The van der Waals surface area contributed by atoms with Crippen LogP contribution in [0.15, 0.2) is 36.5 Å². The number of nitrogens with two attached hydrogens (primary N) is 1. The molecule has 5 heteroatoms. The summed E-state index contributed by atoms with van der Waals surface area (Å²) in [5.74, 6) is -0.536. The van der Waals surface area contributed by atoms with Crippen molar-refractivity contribution in [3.63, 3.8) is 0 Å². The van der Waals surface area contributed by atoms with Gasteiger partial charge in [-0.1, -0.05) is 6.07 Å². The number of halogens is 2. The van der Waals surface area contributed by atoms with Crippen LogP contribution in [0.1, 0.15) is 17.5 Å². The van der Waals surface area contributed by atoms with Gasteiger partial charge in [-0.2, -0.15) is 0 Å². The quantitative estimate of drug-likeness (QED) is 0.944. The van der Waals surface area contributed by atoms with Gasteiger partial charge in [-0.3, -0.25) is 4.90 Å². The Labute approximate surface area is 128 Å². The average Bonchev–Trinajstić information content (AvgIpc) is 2.90. The molecule has 2 N–H and O–H groups in total. The van der Waals surface area contributed by atoms with Gasteiger partial charge in [0.1, 0.15) is 5.82 Å². The molecule has 22 heavy (non-hydrogen) atoms. The third-order valence-electron chi connectivity index (χ3n) is 4.13. The third-order valence-corrected chi connectivity index (χ3v) is 4.13. The van der Waals surface area contributed by atoms with E-state index < -0.39 is 11.6 Å². The Bertz CT molecular complexity index is 660. The fourth-order valence-electron chi connectivity index (χ4n) is 3.07. The van der Waals surface area contributed by atoms with E-state index in [0.29, 0.717) is 11.7 Å². The molecule has 0 amide bonds. The van der Waals surface area contributed by atoms with Crippen molar-refractivity contribution in [2.24, 2.45) is 5.92 Å². The van der Waals surface area contributed by atoms with Crippen LogP contribution < -0.4 is 5.73 Å². The lowest BCUT2D eigenvalue weighted by atomic mass is 9.98. The van der Waals surface area contributed by atoms with Crippen molar-refractivity contribution in [1.29, 1.82) is 0 Å². The number of benzene rings is 1. The number of aromatic nitrogens is 1. The maximum absolute atomic E-state index is 13.3. The molecule has 1 unspecified atom stereocenters. The Balaban J connectivity index is 1.57. The van der Waals surface area contributed by atoms with E-state index in [1.807, 2.05) is 12.1 Å². The molecule has 0 aliphatic carbocycles. The molecule has 116 valence electrons. The Morgan fingerprint density at radius 1 is 1.14 bits per heavy atom. The summed E-state index contributed by atoms with van der Waals surface area (Å²) >= 11 is 0. The highest BCUT2D eigenvalue weighted by atomic mass is 19.2. The van der Waals surface area contributed by atoms with Crippen molar-refractivity contribution in [2.45, 2.75) is 19.4 Å². The first kappa shape index (κ1) is 14.9. The van der Waals surface area contributed by atoms with Crippen LogP contribution in [0.4, 0.5) is 14.6 Å². The fraction of sp³-hybridized carbons (Fsp3) is 0.353. The van der Waals surface area contributed by atoms with Gasteiger partial charge in [-0.05, 0) is 60.7 Å². The van der Waals surface area contributed by atoms with E-state index in [-0.39, 0.29) is 0 Å². The van der Waals surface area contributed by atoms with E-state index >= 15 is 0 Å². The molecule has 1 fully saturated rings. The van der Waals surface area contributed by atoms with Crippen molar-refractivity contribution in [1.82, 2.24) is 9.88 Å². The summed E-state index contributed by atoms with van der Waals surface area (Å²) in [4.78, 5) is 6.35. The Hall–Kier alpha value is -2.01. The zero-order chi connectivity index (χ0) is 15.5. The van der Waals surface area contributed by atoms with Gasteiger partial charge in [0.15, 0.2) is 11.6 Å². The zero-order valence-electron chi connectivity index (χ0n) is 12.3. The molecule has 1 atom stereocenters. The van der Waals surface area contributed by atoms with Crippen LogP contribution in [0, 0.1) is 17.6 Å². The van der Waals surface area contributed by atoms with Crippen LogP contribution in [-0.2, 0) is 13.0 Å². The number of anilines is 1. The van der Waals surface area contributed by atoms with E-state index in [1.54, 1.807) is 12.3 Å². The molecule has 2 heterocycles. The second kappa shape index (κ2) is 6.40. The van der Waals surface area contributed by atoms with Crippen LogP contribution >= 0.6 is 0 Å². The number of nitrogen functional groups attached to an aromatic ring is 1. The third kappa shape index (κ3) is 3.60. The summed E-state index contributed by atoms with van der Waals surface area (Å²) in [6, 6.07) is 8.05. The predicted molar refractivity (Wildman–Crippen MR) is 82.1 cm³/mol. The molecular weight excluding hydrogens is 284 g/mol. The largest absolute Gasteiger partial charge is 0.384 e. The maximum Gasteiger partial charge on any atom is 0.159 e. The second-order valence-corrected chi connectivity index (χ2v) is 5.93. The lowest BCUT2D eigenvalue weighted by molar-refractivity contribution is 0.316. The van der Waals surface area contributed by atoms with Gasteiger partial charge < -0.3 is 5.73 Å². The summed E-state index contributed by atoms with van der Waals surface area (Å²) in [7, 11) is 0. The van der Waals surface area contributed by atoms with Crippen LogP contribution in [0.2, 0.25) is 0 Å².